The largest absolute Gasteiger partial charge is 0.357 e. The lowest BCUT2D eigenvalue weighted by Crippen LogP contribution is -2.38. The predicted molar refractivity (Wildman–Crippen MR) is 108 cm³/mol. The van der Waals surface area contributed by atoms with Gasteiger partial charge in [-0.25, -0.2) is 9.98 Å². The molecular weight excluding hydrogens is 378 g/mol. The number of aliphatic imine (C=N–C) groups is 1. The molecule has 0 saturated carbocycles. The van der Waals surface area contributed by atoms with E-state index in [1.807, 2.05) is 24.5 Å². The zero-order valence-corrected chi connectivity index (χ0v) is 17.0. The van der Waals surface area contributed by atoms with Gasteiger partial charge in [0.1, 0.15) is 12.4 Å². The molecule has 0 aliphatic rings. The Bertz CT molecular complexity index is 693. The minimum Gasteiger partial charge on any atom is -0.357 e. The van der Waals surface area contributed by atoms with Crippen molar-refractivity contribution in [3.8, 4) is 0 Å². The standard InChI is InChI=1S/C19H28BrN5/c1-5-21-19(24-15(4)16-8-6-7-9-17(16)20)23-12-18-22-10-11-25(18)13-14(2)3/h6-11,14-15H,5,12-13H2,1-4H3,(H2,21,23,24). The van der Waals surface area contributed by atoms with Gasteiger partial charge in [-0.2, -0.15) is 0 Å². The highest BCUT2D eigenvalue weighted by atomic mass is 79.9. The summed E-state index contributed by atoms with van der Waals surface area (Å²) in [5, 5.41) is 6.78. The van der Waals surface area contributed by atoms with Crippen molar-refractivity contribution in [1.29, 1.82) is 0 Å². The summed E-state index contributed by atoms with van der Waals surface area (Å²) in [7, 11) is 0. The number of nitrogens with zero attached hydrogens (tertiary/aromatic N) is 3. The van der Waals surface area contributed by atoms with Crippen LogP contribution in [0.1, 0.15) is 45.1 Å². The third kappa shape index (κ3) is 5.88. The summed E-state index contributed by atoms with van der Waals surface area (Å²) in [4.78, 5) is 9.16. The first kappa shape index (κ1) is 19.5. The van der Waals surface area contributed by atoms with E-state index in [2.05, 4.69) is 75.9 Å². The van der Waals surface area contributed by atoms with Gasteiger partial charge in [0.25, 0.3) is 0 Å². The first-order valence-electron chi connectivity index (χ1n) is 8.80. The van der Waals surface area contributed by atoms with E-state index in [0.29, 0.717) is 12.5 Å². The van der Waals surface area contributed by atoms with Gasteiger partial charge >= 0.3 is 0 Å². The Morgan fingerprint density at radius 3 is 2.72 bits per heavy atom. The molecule has 1 atom stereocenters. The van der Waals surface area contributed by atoms with Crippen molar-refractivity contribution in [2.45, 2.75) is 46.8 Å². The normalized spacial score (nSPS) is 13.1. The topological polar surface area (TPSA) is 54.2 Å². The summed E-state index contributed by atoms with van der Waals surface area (Å²) >= 11 is 3.62. The lowest BCUT2D eigenvalue weighted by Gasteiger charge is -2.19. The Morgan fingerprint density at radius 2 is 2.04 bits per heavy atom. The van der Waals surface area contributed by atoms with Crippen molar-refractivity contribution in [1.82, 2.24) is 20.2 Å². The summed E-state index contributed by atoms with van der Waals surface area (Å²) in [5.41, 5.74) is 1.20. The minimum absolute atomic E-state index is 0.142. The van der Waals surface area contributed by atoms with Crippen molar-refractivity contribution in [3.63, 3.8) is 0 Å². The summed E-state index contributed by atoms with van der Waals surface area (Å²) in [6.07, 6.45) is 3.87. The van der Waals surface area contributed by atoms with Gasteiger partial charge in [0.05, 0.1) is 6.04 Å². The molecule has 0 fully saturated rings. The van der Waals surface area contributed by atoms with Crippen LogP contribution < -0.4 is 10.6 Å². The molecule has 0 aliphatic carbocycles. The maximum atomic E-state index is 4.71. The second-order valence-electron chi connectivity index (χ2n) is 6.47. The van der Waals surface area contributed by atoms with Gasteiger partial charge < -0.3 is 15.2 Å². The summed E-state index contributed by atoms with van der Waals surface area (Å²) < 4.78 is 3.27. The van der Waals surface area contributed by atoms with Crippen LogP contribution >= 0.6 is 15.9 Å². The first-order valence-corrected chi connectivity index (χ1v) is 9.59. The second-order valence-corrected chi connectivity index (χ2v) is 7.33. The molecule has 0 amide bonds. The highest BCUT2D eigenvalue weighted by Gasteiger charge is 2.11. The molecule has 25 heavy (non-hydrogen) atoms. The summed E-state index contributed by atoms with van der Waals surface area (Å²) in [6.45, 7) is 10.9. The average Bonchev–Trinajstić information content (AvgIpc) is 2.99. The minimum atomic E-state index is 0.142. The van der Waals surface area contributed by atoms with Crippen LogP contribution in [0.15, 0.2) is 46.1 Å². The van der Waals surface area contributed by atoms with Crippen LogP contribution in [0.25, 0.3) is 0 Å². The van der Waals surface area contributed by atoms with E-state index in [1.54, 1.807) is 0 Å². The summed E-state index contributed by atoms with van der Waals surface area (Å²) in [6, 6.07) is 8.38. The van der Waals surface area contributed by atoms with E-state index in [4.69, 9.17) is 4.99 Å². The van der Waals surface area contributed by atoms with Gasteiger partial charge in [-0.15, -0.1) is 0 Å². The van der Waals surface area contributed by atoms with Gasteiger partial charge in [0.2, 0.25) is 0 Å². The average molecular weight is 406 g/mol. The van der Waals surface area contributed by atoms with Crippen LogP contribution in [0.5, 0.6) is 0 Å². The molecule has 1 heterocycles. The monoisotopic (exact) mass is 405 g/mol. The third-order valence-corrected chi connectivity index (χ3v) is 4.53. The summed E-state index contributed by atoms with van der Waals surface area (Å²) in [5.74, 6) is 2.36. The maximum Gasteiger partial charge on any atom is 0.192 e. The molecule has 1 unspecified atom stereocenters. The number of imidazole rings is 1. The predicted octanol–water partition coefficient (Wildman–Crippen LogP) is 4.12. The molecule has 1 aromatic heterocycles. The number of halogens is 1. The molecule has 1 aromatic carbocycles. The van der Waals surface area contributed by atoms with Gasteiger partial charge in [-0.3, -0.25) is 0 Å². The van der Waals surface area contributed by atoms with Crippen LogP contribution in [0.2, 0.25) is 0 Å². The van der Waals surface area contributed by atoms with E-state index < -0.39 is 0 Å². The van der Waals surface area contributed by atoms with Crippen LogP contribution in [-0.4, -0.2) is 22.1 Å². The van der Waals surface area contributed by atoms with Crippen molar-refractivity contribution >= 4 is 21.9 Å². The molecule has 136 valence electrons. The molecule has 0 spiro atoms. The van der Waals surface area contributed by atoms with Crippen LogP contribution in [0.4, 0.5) is 0 Å². The Morgan fingerprint density at radius 1 is 1.28 bits per heavy atom. The lowest BCUT2D eigenvalue weighted by molar-refractivity contribution is 0.507. The molecule has 6 heteroatoms. The first-order chi connectivity index (χ1) is 12.0. The lowest BCUT2D eigenvalue weighted by atomic mass is 10.1. The molecule has 2 aromatic rings. The van der Waals surface area contributed by atoms with Crippen molar-refractivity contribution in [3.05, 3.63) is 52.5 Å². The van der Waals surface area contributed by atoms with Crippen LogP contribution in [0.3, 0.4) is 0 Å². The number of benzene rings is 1. The number of hydrogen-bond donors (Lipinski definition) is 2. The number of rotatable bonds is 7. The fourth-order valence-electron chi connectivity index (χ4n) is 2.63. The number of guanidine groups is 1. The van der Waals surface area contributed by atoms with Gasteiger partial charge in [-0.1, -0.05) is 48.0 Å². The highest BCUT2D eigenvalue weighted by Crippen LogP contribution is 2.22. The fourth-order valence-corrected chi connectivity index (χ4v) is 3.26. The van der Waals surface area contributed by atoms with E-state index in [9.17, 15) is 0 Å². The molecule has 0 radical (unpaired) electrons. The number of nitrogens with one attached hydrogen (secondary N) is 2. The SMILES string of the molecule is CCNC(=NCc1nccn1CC(C)C)NC(C)c1ccccc1Br. The zero-order valence-electron chi connectivity index (χ0n) is 15.5. The van der Waals surface area contributed by atoms with E-state index >= 15 is 0 Å². The molecule has 2 rings (SSSR count). The van der Waals surface area contributed by atoms with E-state index in [1.165, 1.54) is 5.56 Å². The number of aromatic nitrogens is 2. The Balaban J connectivity index is 2.08. The molecule has 5 nitrogen and oxygen atoms in total. The zero-order chi connectivity index (χ0) is 18.2. The van der Waals surface area contributed by atoms with Gasteiger partial charge in [-0.05, 0) is 31.4 Å². The molecule has 0 saturated heterocycles. The van der Waals surface area contributed by atoms with Crippen molar-refractivity contribution in [2.24, 2.45) is 10.9 Å². The fraction of sp³-hybridized carbons (Fsp3) is 0.474. The second kappa shape index (κ2) is 9.61. The molecule has 0 bridgehead atoms. The molecule has 2 N–H and O–H groups in total. The van der Waals surface area contributed by atoms with E-state index in [0.717, 1.165) is 29.3 Å². The Hall–Kier alpha value is -1.82. The van der Waals surface area contributed by atoms with Gasteiger partial charge in [0, 0.05) is 30.0 Å². The van der Waals surface area contributed by atoms with Crippen LogP contribution in [0, 0.1) is 5.92 Å². The van der Waals surface area contributed by atoms with Gasteiger partial charge in [0.15, 0.2) is 5.96 Å². The Kier molecular flexibility index (Phi) is 7.50. The molecule has 0 aliphatic heterocycles. The number of hydrogen-bond acceptors (Lipinski definition) is 2. The quantitative estimate of drug-likeness (QED) is 0.537. The maximum absolute atomic E-state index is 4.71. The highest BCUT2D eigenvalue weighted by molar-refractivity contribution is 9.10. The third-order valence-electron chi connectivity index (χ3n) is 3.81. The smallest absolute Gasteiger partial charge is 0.192 e. The molecular formula is C19H28BrN5. The van der Waals surface area contributed by atoms with Crippen molar-refractivity contribution < 1.29 is 0 Å². The van der Waals surface area contributed by atoms with Crippen molar-refractivity contribution in [2.75, 3.05) is 6.54 Å². The Labute approximate surface area is 159 Å². The van der Waals surface area contributed by atoms with Crippen LogP contribution in [-0.2, 0) is 13.1 Å². The van der Waals surface area contributed by atoms with E-state index in [-0.39, 0.29) is 6.04 Å².